The summed E-state index contributed by atoms with van der Waals surface area (Å²) in [5, 5.41) is 12.3. The highest BCUT2D eigenvalue weighted by molar-refractivity contribution is 5.71. The SMILES string of the molecule is CC1CC(C)CC(n2nnnc2-c2ccccc2N)C1. The van der Waals surface area contributed by atoms with E-state index in [1.54, 1.807) is 0 Å². The van der Waals surface area contributed by atoms with Gasteiger partial charge in [-0.05, 0) is 53.7 Å². The van der Waals surface area contributed by atoms with Gasteiger partial charge >= 0.3 is 0 Å². The molecule has 5 nitrogen and oxygen atoms in total. The predicted molar refractivity (Wildman–Crippen MR) is 78.9 cm³/mol. The van der Waals surface area contributed by atoms with Gasteiger partial charge in [-0.1, -0.05) is 26.0 Å². The van der Waals surface area contributed by atoms with Crippen molar-refractivity contribution in [2.24, 2.45) is 11.8 Å². The van der Waals surface area contributed by atoms with Crippen molar-refractivity contribution in [2.75, 3.05) is 5.73 Å². The van der Waals surface area contributed by atoms with Crippen LogP contribution in [0, 0.1) is 11.8 Å². The van der Waals surface area contributed by atoms with E-state index in [2.05, 4.69) is 29.4 Å². The molecule has 0 bridgehead atoms. The Morgan fingerprint density at radius 3 is 2.50 bits per heavy atom. The summed E-state index contributed by atoms with van der Waals surface area (Å²) in [7, 11) is 0. The van der Waals surface area contributed by atoms with Crippen LogP contribution in [0.25, 0.3) is 11.4 Å². The first-order valence-corrected chi connectivity index (χ1v) is 7.28. The topological polar surface area (TPSA) is 69.6 Å². The van der Waals surface area contributed by atoms with E-state index >= 15 is 0 Å². The average molecular weight is 271 g/mol. The molecule has 1 aromatic heterocycles. The highest BCUT2D eigenvalue weighted by atomic mass is 15.5. The molecule has 0 aliphatic heterocycles. The van der Waals surface area contributed by atoms with Crippen molar-refractivity contribution in [3.63, 3.8) is 0 Å². The molecule has 20 heavy (non-hydrogen) atoms. The largest absolute Gasteiger partial charge is 0.398 e. The Balaban J connectivity index is 1.96. The number of nitrogens with zero attached hydrogens (tertiary/aromatic N) is 4. The molecule has 0 spiro atoms. The predicted octanol–water partition coefficient (Wildman–Crippen LogP) is 2.92. The molecule has 106 valence electrons. The first kappa shape index (κ1) is 13.1. The van der Waals surface area contributed by atoms with Crippen molar-refractivity contribution in [1.82, 2.24) is 20.2 Å². The van der Waals surface area contributed by atoms with Crippen LogP contribution in [0.15, 0.2) is 24.3 Å². The van der Waals surface area contributed by atoms with Gasteiger partial charge in [0.2, 0.25) is 0 Å². The van der Waals surface area contributed by atoms with Gasteiger partial charge in [-0.2, -0.15) is 0 Å². The summed E-state index contributed by atoms with van der Waals surface area (Å²) in [6, 6.07) is 8.14. The van der Waals surface area contributed by atoms with Crippen LogP contribution >= 0.6 is 0 Å². The number of nitrogens with two attached hydrogens (primary N) is 1. The van der Waals surface area contributed by atoms with Crippen molar-refractivity contribution in [1.29, 1.82) is 0 Å². The maximum atomic E-state index is 6.06. The van der Waals surface area contributed by atoms with Gasteiger partial charge in [0.05, 0.1) is 6.04 Å². The number of nitrogen functional groups attached to an aromatic ring is 1. The molecule has 1 aliphatic rings. The number of hydrogen-bond acceptors (Lipinski definition) is 4. The first-order valence-electron chi connectivity index (χ1n) is 7.28. The lowest BCUT2D eigenvalue weighted by molar-refractivity contribution is 0.209. The van der Waals surface area contributed by atoms with Crippen LogP contribution in [0.4, 0.5) is 5.69 Å². The normalized spacial score (nSPS) is 26.6. The van der Waals surface area contributed by atoms with Gasteiger partial charge in [0, 0.05) is 11.3 Å². The lowest BCUT2D eigenvalue weighted by atomic mass is 9.80. The van der Waals surface area contributed by atoms with Crippen molar-refractivity contribution in [3.8, 4) is 11.4 Å². The molecule has 1 aliphatic carbocycles. The smallest absolute Gasteiger partial charge is 0.184 e. The minimum absolute atomic E-state index is 0.373. The number of rotatable bonds is 2. The number of benzene rings is 1. The lowest BCUT2D eigenvalue weighted by Crippen LogP contribution is -2.24. The summed E-state index contributed by atoms with van der Waals surface area (Å²) < 4.78 is 1.97. The summed E-state index contributed by atoms with van der Waals surface area (Å²) in [5.74, 6) is 2.22. The molecular weight excluding hydrogens is 250 g/mol. The van der Waals surface area contributed by atoms with Crippen molar-refractivity contribution >= 4 is 5.69 Å². The van der Waals surface area contributed by atoms with Crippen molar-refractivity contribution in [2.45, 2.75) is 39.2 Å². The summed E-state index contributed by atoms with van der Waals surface area (Å²) in [4.78, 5) is 0. The monoisotopic (exact) mass is 271 g/mol. The molecule has 2 atom stereocenters. The van der Waals surface area contributed by atoms with Crippen molar-refractivity contribution in [3.05, 3.63) is 24.3 Å². The maximum Gasteiger partial charge on any atom is 0.184 e. The van der Waals surface area contributed by atoms with Gasteiger partial charge in [-0.25, -0.2) is 4.68 Å². The Labute approximate surface area is 119 Å². The Hall–Kier alpha value is -1.91. The molecule has 1 fully saturated rings. The molecule has 0 saturated heterocycles. The molecule has 2 unspecified atom stereocenters. The van der Waals surface area contributed by atoms with E-state index in [9.17, 15) is 0 Å². The Morgan fingerprint density at radius 2 is 1.80 bits per heavy atom. The minimum Gasteiger partial charge on any atom is -0.398 e. The quantitative estimate of drug-likeness (QED) is 0.853. The Bertz CT molecular complexity index is 581. The molecule has 2 aromatic rings. The van der Waals surface area contributed by atoms with Gasteiger partial charge in [-0.15, -0.1) is 5.10 Å². The fourth-order valence-corrected chi connectivity index (χ4v) is 3.42. The summed E-state index contributed by atoms with van der Waals surface area (Å²) in [5.41, 5.74) is 7.70. The zero-order valence-corrected chi connectivity index (χ0v) is 12.0. The van der Waals surface area contributed by atoms with E-state index in [-0.39, 0.29) is 0 Å². The van der Waals surface area contributed by atoms with Gasteiger partial charge in [0.1, 0.15) is 0 Å². The molecule has 3 rings (SSSR count). The third-order valence-corrected chi connectivity index (χ3v) is 4.19. The van der Waals surface area contributed by atoms with Crippen LogP contribution < -0.4 is 5.73 Å². The van der Waals surface area contributed by atoms with Crippen LogP contribution in [-0.2, 0) is 0 Å². The van der Waals surface area contributed by atoms with E-state index < -0.39 is 0 Å². The Morgan fingerprint density at radius 1 is 1.10 bits per heavy atom. The van der Waals surface area contributed by atoms with Crippen LogP contribution in [0.1, 0.15) is 39.2 Å². The van der Waals surface area contributed by atoms with E-state index in [1.807, 2.05) is 28.9 Å². The van der Waals surface area contributed by atoms with E-state index in [0.717, 1.165) is 29.9 Å². The summed E-state index contributed by atoms with van der Waals surface area (Å²) >= 11 is 0. The summed E-state index contributed by atoms with van der Waals surface area (Å²) in [6.07, 6.45) is 3.56. The molecule has 0 amide bonds. The zero-order valence-electron chi connectivity index (χ0n) is 12.0. The first-order chi connectivity index (χ1) is 9.65. The van der Waals surface area contributed by atoms with Gasteiger partial charge < -0.3 is 5.73 Å². The molecule has 1 heterocycles. The van der Waals surface area contributed by atoms with E-state index in [4.69, 9.17) is 5.73 Å². The average Bonchev–Trinajstić information content (AvgIpc) is 2.87. The standard InChI is InChI=1S/C15H21N5/c1-10-7-11(2)9-12(8-10)20-15(17-18-19-20)13-5-3-4-6-14(13)16/h3-6,10-12H,7-9,16H2,1-2H3. The lowest BCUT2D eigenvalue weighted by Gasteiger charge is -2.31. The third kappa shape index (κ3) is 2.40. The molecule has 0 radical (unpaired) electrons. The van der Waals surface area contributed by atoms with Crippen LogP contribution in [0.2, 0.25) is 0 Å². The van der Waals surface area contributed by atoms with Gasteiger partial charge in [0.25, 0.3) is 0 Å². The molecule has 1 aromatic carbocycles. The zero-order chi connectivity index (χ0) is 14.1. The highest BCUT2D eigenvalue weighted by Crippen LogP contribution is 2.37. The third-order valence-electron chi connectivity index (χ3n) is 4.19. The van der Waals surface area contributed by atoms with Gasteiger partial charge in [-0.3, -0.25) is 0 Å². The van der Waals surface area contributed by atoms with Gasteiger partial charge in [0.15, 0.2) is 5.82 Å². The highest BCUT2D eigenvalue weighted by Gasteiger charge is 2.28. The fourth-order valence-electron chi connectivity index (χ4n) is 3.42. The fraction of sp³-hybridized carbons (Fsp3) is 0.533. The Kier molecular flexibility index (Phi) is 3.42. The minimum atomic E-state index is 0.373. The molecule has 5 heteroatoms. The number of tetrazole rings is 1. The molecule has 2 N–H and O–H groups in total. The van der Waals surface area contributed by atoms with Crippen LogP contribution in [0.5, 0.6) is 0 Å². The van der Waals surface area contributed by atoms with Crippen molar-refractivity contribution < 1.29 is 0 Å². The second kappa shape index (κ2) is 5.23. The van der Waals surface area contributed by atoms with E-state index in [0.29, 0.717) is 17.9 Å². The second-order valence-corrected chi connectivity index (χ2v) is 6.11. The van der Waals surface area contributed by atoms with E-state index in [1.165, 1.54) is 6.42 Å². The summed E-state index contributed by atoms with van der Waals surface area (Å²) in [6.45, 7) is 4.62. The molecule has 1 saturated carbocycles. The number of anilines is 1. The van der Waals surface area contributed by atoms with Crippen LogP contribution in [-0.4, -0.2) is 20.2 Å². The number of para-hydroxylation sites is 1. The molecular formula is C15H21N5. The second-order valence-electron chi connectivity index (χ2n) is 6.11. The number of aromatic nitrogens is 4. The van der Waals surface area contributed by atoms with Crippen LogP contribution in [0.3, 0.4) is 0 Å². The number of hydrogen-bond donors (Lipinski definition) is 1. The maximum absolute atomic E-state index is 6.06.